The number of anilines is 1. The average molecular weight is 400 g/mol. The van der Waals surface area contributed by atoms with Crippen molar-refractivity contribution >= 4 is 35.1 Å². The van der Waals surface area contributed by atoms with Gasteiger partial charge < -0.3 is 10.1 Å². The first-order valence-corrected chi connectivity index (χ1v) is 9.96. The van der Waals surface area contributed by atoms with Gasteiger partial charge in [0.2, 0.25) is 5.91 Å². The zero-order valence-electron chi connectivity index (χ0n) is 14.7. The molecule has 0 aliphatic carbocycles. The summed E-state index contributed by atoms with van der Waals surface area (Å²) in [6, 6.07) is 15.6. The van der Waals surface area contributed by atoms with Crippen molar-refractivity contribution in [2.24, 2.45) is 0 Å². The number of ether oxygens (including phenoxy) is 1. The molecule has 0 spiro atoms. The van der Waals surface area contributed by atoms with Crippen molar-refractivity contribution < 1.29 is 9.53 Å². The van der Waals surface area contributed by atoms with Crippen LogP contribution in [0.2, 0.25) is 5.02 Å². The van der Waals surface area contributed by atoms with E-state index in [2.05, 4.69) is 15.5 Å². The molecule has 1 amide bonds. The first-order valence-electron chi connectivity index (χ1n) is 8.53. The second kappa shape index (κ2) is 7.66. The van der Waals surface area contributed by atoms with Crippen LogP contribution in [0, 0.1) is 6.92 Å². The van der Waals surface area contributed by atoms with E-state index in [0.29, 0.717) is 23.2 Å². The number of hydrogen-bond donors (Lipinski definition) is 2. The zero-order valence-corrected chi connectivity index (χ0v) is 16.2. The molecule has 1 aliphatic rings. The zero-order chi connectivity index (χ0) is 18.8. The second-order valence-electron chi connectivity index (χ2n) is 6.33. The number of hydrogen-bond acceptors (Lipinski definition) is 4. The largest absolute Gasteiger partial charge is 0.489 e. The minimum absolute atomic E-state index is 0.0295. The topological polar surface area (TPSA) is 67.0 Å². The predicted octanol–water partition coefficient (Wildman–Crippen LogP) is 4.73. The Morgan fingerprint density at radius 2 is 1.93 bits per heavy atom. The number of aromatic nitrogens is 2. The van der Waals surface area contributed by atoms with Gasteiger partial charge in [-0.1, -0.05) is 35.9 Å². The van der Waals surface area contributed by atoms with Gasteiger partial charge in [0.1, 0.15) is 12.4 Å². The molecule has 138 valence electrons. The first kappa shape index (κ1) is 17.9. The summed E-state index contributed by atoms with van der Waals surface area (Å²) in [6.07, 6.45) is 0. The number of carbonyl (C=O) groups is 1. The number of aromatic amines is 1. The number of amides is 1. The first-order chi connectivity index (χ1) is 13.1. The molecule has 7 heteroatoms. The van der Waals surface area contributed by atoms with Gasteiger partial charge in [-0.3, -0.25) is 9.89 Å². The van der Waals surface area contributed by atoms with Gasteiger partial charge in [-0.2, -0.15) is 5.10 Å². The van der Waals surface area contributed by atoms with Crippen LogP contribution >= 0.6 is 23.4 Å². The van der Waals surface area contributed by atoms with E-state index in [9.17, 15) is 4.79 Å². The van der Waals surface area contributed by atoms with Crippen LogP contribution in [0.25, 0.3) is 0 Å². The van der Waals surface area contributed by atoms with Crippen molar-refractivity contribution in [3.05, 3.63) is 75.9 Å². The van der Waals surface area contributed by atoms with Gasteiger partial charge in [-0.25, -0.2) is 0 Å². The highest BCUT2D eigenvalue weighted by Gasteiger charge is 2.28. The smallest absolute Gasteiger partial charge is 0.235 e. The van der Waals surface area contributed by atoms with Crippen molar-refractivity contribution in [1.29, 1.82) is 0 Å². The lowest BCUT2D eigenvalue weighted by Crippen LogP contribution is -2.12. The fourth-order valence-electron chi connectivity index (χ4n) is 3.01. The molecule has 0 saturated heterocycles. The molecule has 2 N–H and O–H groups in total. The van der Waals surface area contributed by atoms with Crippen molar-refractivity contribution in [3.63, 3.8) is 0 Å². The molecule has 2 aromatic carbocycles. The van der Waals surface area contributed by atoms with E-state index in [0.717, 1.165) is 28.1 Å². The van der Waals surface area contributed by atoms with E-state index in [4.69, 9.17) is 16.3 Å². The van der Waals surface area contributed by atoms with Crippen LogP contribution in [0.3, 0.4) is 0 Å². The van der Waals surface area contributed by atoms with E-state index < -0.39 is 0 Å². The van der Waals surface area contributed by atoms with Gasteiger partial charge in [0.25, 0.3) is 0 Å². The Morgan fingerprint density at radius 1 is 1.19 bits per heavy atom. The number of nitrogens with one attached hydrogen (secondary N) is 2. The molecule has 0 unspecified atom stereocenters. The fourth-order valence-corrected chi connectivity index (χ4v) is 4.33. The minimum Gasteiger partial charge on any atom is -0.489 e. The van der Waals surface area contributed by atoms with Crippen molar-refractivity contribution in [2.75, 3.05) is 11.1 Å². The number of aryl methyl sites for hydroxylation is 1. The number of thioether (sulfide) groups is 1. The molecule has 0 radical (unpaired) electrons. The number of benzene rings is 2. The maximum atomic E-state index is 11.9. The lowest BCUT2D eigenvalue weighted by atomic mass is 10.0. The van der Waals surface area contributed by atoms with E-state index in [1.54, 1.807) is 11.8 Å². The standard InChI is InChI=1S/C20H18ClN3O2S/c1-12-18-19(27-11-17(25)22-20(18)24-23-12)14-4-8-16(9-5-14)26-10-13-2-6-15(21)7-3-13/h2-9,19H,10-11H2,1H3,(H2,22,23,24,25)/t19-/m0/s1. The highest BCUT2D eigenvalue weighted by atomic mass is 35.5. The molecule has 27 heavy (non-hydrogen) atoms. The summed E-state index contributed by atoms with van der Waals surface area (Å²) in [7, 11) is 0. The third kappa shape index (κ3) is 3.96. The Bertz CT molecular complexity index is 954. The van der Waals surface area contributed by atoms with Gasteiger partial charge in [-0.05, 0) is 42.3 Å². The summed E-state index contributed by atoms with van der Waals surface area (Å²) < 4.78 is 5.86. The summed E-state index contributed by atoms with van der Waals surface area (Å²) >= 11 is 7.50. The van der Waals surface area contributed by atoms with Crippen molar-refractivity contribution in [3.8, 4) is 5.75 Å². The molecule has 1 atom stereocenters. The van der Waals surface area contributed by atoms with Crippen LogP contribution in [0.15, 0.2) is 48.5 Å². The van der Waals surface area contributed by atoms with E-state index in [-0.39, 0.29) is 11.2 Å². The van der Waals surface area contributed by atoms with Crippen molar-refractivity contribution in [1.82, 2.24) is 10.2 Å². The summed E-state index contributed by atoms with van der Waals surface area (Å²) in [4.78, 5) is 11.9. The number of fused-ring (bicyclic) bond motifs is 1. The van der Waals surface area contributed by atoms with Gasteiger partial charge >= 0.3 is 0 Å². The van der Waals surface area contributed by atoms with Crippen LogP contribution in [-0.2, 0) is 11.4 Å². The molecule has 1 aliphatic heterocycles. The molecule has 0 saturated carbocycles. The lowest BCUT2D eigenvalue weighted by Gasteiger charge is -2.16. The summed E-state index contributed by atoms with van der Waals surface area (Å²) in [5.41, 5.74) is 4.17. The van der Waals surface area contributed by atoms with Crippen LogP contribution in [-0.4, -0.2) is 21.9 Å². The Labute approximate surface area is 166 Å². The maximum Gasteiger partial charge on any atom is 0.235 e. The Balaban J connectivity index is 1.51. The lowest BCUT2D eigenvalue weighted by molar-refractivity contribution is -0.113. The van der Waals surface area contributed by atoms with Gasteiger partial charge in [0, 0.05) is 16.3 Å². The van der Waals surface area contributed by atoms with Gasteiger partial charge in [0.05, 0.1) is 11.0 Å². The Morgan fingerprint density at radius 3 is 2.67 bits per heavy atom. The summed E-state index contributed by atoms with van der Waals surface area (Å²) in [6.45, 7) is 2.46. The van der Waals surface area contributed by atoms with Crippen LogP contribution in [0.4, 0.5) is 5.82 Å². The minimum atomic E-state index is -0.0295. The second-order valence-corrected chi connectivity index (χ2v) is 7.86. The molecule has 5 nitrogen and oxygen atoms in total. The summed E-state index contributed by atoms with van der Waals surface area (Å²) in [5, 5.41) is 10.8. The molecule has 3 aromatic rings. The number of halogens is 1. The number of H-pyrrole nitrogens is 1. The molecular formula is C20H18ClN3O2S. The monoisotopic (exact) mass is 399 g/mol. The van der Waals surface area contributed by atoms with Crippen LogP contribution < -0.4 is 10.1 Å². The average Bonchev–Trinajstić information content (AvgIpc) is 2.93. The SMILES string of the molecule is Cc1[nH]nc2c1[C@H](c1ccc(OCc3ccc(Cl)cc3)cc1)SCC(=O)N2. The molecule has 2 heterocycles. The molecule has 4 rings (SSSR count). The van der Waals surface area contributed by atoms with Crippen LogP contribution in [0.1, 0.15) is 27.6 Å². The van der Waals surface area contributed by atoms with Gasteiger partial charge in [-0.15, -0.1) is 11.8 Å². The Hall–Kier alpha value is -2.44. The number of nitrogens with zero attached hydrogens (tertiary/aromatic N) is 1. The maximum absolute atomic E-state index is 11.9. The fraction of sp³-hybridized carbons (Fsp3) is 0.200. The normalized spacial score (nSPS) is 16.4. The quantitative estimate of drug-likeness (QED) is 0.665. The third-order valence-corrected chi connectivity index (χ3v) is 5.92. The van der Waals surface area contributed by atoms with Gasteiger partial charge in [0.15, 0.2) is 5.82 Å². The number of rotatable bonds is 4. The number of carbonyl (C=O) groups excluding carboxylic acids is 1. The van der Waals surface area contributed by atoms with E-state index >= 15 is 0 Å². The molecular weight excluding hydrogens is 382 g/mol. The Kier molecular flexibility index (Phi) is 5.09. The summed E-state index contributed by atoms with van der Waals surface area (Å²) in [5.74, 6) is 1.79. The molecule has 0 fully saturated rings. The van der Waals surface area contributed by atoms with Crippen molar-refractivity contribution in [2.45, 2.75) is 18.8 Å². The van der Waals surface area contributed by atoms with Crippen LogP contribution in [0.5, 0.6) is 5.75 Å². The molecule has 1 aromatic heterocycles. The van der Waals surface area contributed by atoms with E-state index in [1.807, 2.05) is 55.5 Å². The highest BCUT2D eigenvalue weighted by Crippen LogP contribution is 2.42. The third-order valence-electron chi connectivity index (χ3n) is 4.40. The highest BCUT2D eigenvalue weighted by molar-refractivity contribution is 8.00. The predicted molar refractivity (Wildman–Crippen MR) is 108 cm³/mol. The van der Waals surface area contributed by atoms with E-state index in [1.165, 1.54) is 0 Å². The molecule has 0 bridgehead atoms.